The number of amides is 1. The highest BCUT2D eigenvalue weighted by atomic mass is 35.5. The lowest BCUT2D eigenvalue weighted by Gasteiger charge is -2.43. The van der Waals surface area contributed by atoms with Crippen LogP contribution >= 0.6 is 11.6 Å². The van der Waals surface area contributed by atoms with E-state index >= 15 is 0 Å². The largest absolute Gasteiger partial charge is 0.378 e. The number of halogens is 1. The summed E-state index contributed by atoms with van der Waals surface area (Å²) in [4.78, 5) is 21.3. The molecule has 1 fully saturated rings. The van der Waals surface area contributed by atoms with Gasteiger partial charge in [0.05, 0.1) is 30.5 Å². The highest BCUT2D eigenvalue weighted by Crippen LogP contribution is 2.41. The van der Waals surface area contributed by atoms with E-state index in [9.17, 15) is 9.90 Å². The fourth-order valence-electron chi connectivity index (χ4n) is 5.14. The Labute approximate surface area is 216 Å². The Hall–Kier alpha value is -3.13. The van der Waals surface area contributed by atoms with Crippen molar-refractivity contribution < 1.29 is 14.6 Å². The Morgan fingerprint density at radius 2 is 1.89 bits per heavy atom. The van der Waals surface area contributed by atoms with Gasteiger partial charge in [0.25, 0.3) is 5.91 Å². The van der Waals surface area contributed by atoms with Crippen molar-refractivity contribution in [3.05, 3.63) is 76.9 Å². The van der Waals surface area contributed by atoms with Crippen molar-refractivity contribution in [2.24, 2.45) is 0 Å². The third kappa shape index (κ3) is 5.05. The lowest BCUT2D eigenvalue weighted by molar-refractivity contribution is 0.0302. The molecule has 188 valence electrons. The summed E-state index contributed by atoms with van der Waals surface area (Å²) in [6.07, 6.45) is 1.87. The first-order valence-corrected chi connectivity index (χ1v) is 12.7. The van der Waals surface area contributed by atoms with Crippen LogP contribution in [0.1, 0.15) is 42.2 Å². The molecule has 7 nitrogen and oxygen atoms in total. The summed E-state index contributed by atoms with van der Waals surface area (Å²) in [6, 6.07) is 17.9. The van der Waals surface area contributed by atoms with Crippen LogP contribution in [0, 0.1) is 0 Å². The van der Waals surface area contributed by atoms with E-state index < -0.39 is 6.23 Å². The average molecular weight is 507 g/mol. The van der Waals surface area contributed by atoms with Crippen molar-refractivity contribution >= 4 is 28.9 Å². The van der Waals surface area contributed by atoms with E-state index in [2.05, 4.69) is 34.3 Å². The first-order chi connectivity index (χ1) is 17.4. The highest BCUT2D eigenvalue weighted by Gasteiger charge is 2.32. The van der Waals surface area contributed by atoms with Crippen molar-refractivity contribution in [2.45, 2.75) is 38.6 Å². The van der Waals surface area contributed by atoms with Crippen LogP contribution in [0.4, 0.5) is 11.4 Å². The van der Waals surface area contributed by atoms with Crippen molar-refractivity contribution in [1.29, 1.82) is 0 Å². The molecular formula is C28H31ClN4O3. The van der Waals surface area contributed by atoms with Gasteiger partial charge in [-0.3, -0.25) is 9.78 Å². The van der Waals surface area contributed by atoms with Crippen LogP contribution in [0.2, 0.25) is 5.02 Å². The molecule has 2 unspecified atom stereocenters. The van der Waals surface area contributed by atoms with Gasteiger partial charge in [-0.05, 0) is 74.4 Å². The summed E-state index contributed by atoms with van der Waals surface area (Å²) in [7, 11) is 0. The number of nitrogens with zero attached hydrogens (tertiary/aromatic N) is 3. The summed E-state index contributed by atoms with van der Waals surface area (Å²) in [5.74, 6) is -0.0171. The molecule has 0 saturated carbocycles. The molecular weight excluding hydrogens is 476 g/mol. The van der Waals surface area contributed by atoms with E-state index in [4.69, 9.17) is 16.3 Å². The Kier molecular flexibility index (Phi) is 7.14. The van der Waals surface area contributed by atoms with Crippen LogP contribution in [0.3, 0.4) is 0 Å². The third-order valence-electron chi connectivity index (χ3n) is 6.92. The topological polar surface area (TPSA) is 77.9 Å². The fourth-order valence-corrected chi connectivity index (χ4v) is 5.27. The summed E-state index contributed by atoms with van der Waals surface area (Å²) in [5, 5.41) is 14.9. The Morgan fingerprint density at radius 1 is 1.14 bits per heavy atom. The maximum Gasteiger partial charge on any atom is 0.255 e. The minimum atomic E-state index is -0.607. The molecule has 0 bridgehead atoms. The standard InChI is InChI=1S/C28H31ClN4O3/c1-18-15-26(31-23-7-5-22(29)6-8-23)24-16-20(4-10-27(24)33(18)19(2)34)25-9-3-21(17-30-25)28(35)32-11-13-36-14-12-32/h3-10,16-19,26,31,34H,11-15H2,1-2H3/t18-,19?,26?/m0/s1. The van der Waals surface area contributed by atoms with Gasteiger partial charge in [-0.2, -0.15) is 0 Å². The molecule has 0 radical (unpaired) electrons. The van der Waals surface area contributed by atoms with E-state index in [-0.39, 0.29) is 18.0 Å². The number of carbonyl (C=O) groups excluding carboxylic acids is 1. The number of nitrogens with one attached hydrogen (secondary N) is 1. The number of fused-ring (bicyclic) bond motifs is 1. The van der Waals surface area contributed by atoms with Crippen molar-refractivity contribution in [3.63, 3.8) is 0 Å². The molecule has 8 heteroatoms. The van der Waals surface area contributed by atoms with Crippen LogP contribution in [-0.4, -0.2) is 59.5 Å². The van der Waals surface area contributed by atoms with Gasteiger partial charge in [-0.1, -0.05) is 17.7 Å². The second-order valence-corrected chi connectivity index (χ2v) is 9.87. The molecule has 1 saturated heterocycles. The van der Waals surface area contributed by atoms with Gasteiger partial charge in [-0.25, -0.2) is 0 Å². The molecule has 1 aromatic heterocycles. The predicted octanol–water partition coefficient (Wildman–Crippen LogP) is 4.96. The van der Waals surface area contributed by atoms with Gasteiger partial charge in [-0.15, -0.1) is 0 Å². The quantitative estimate of drug-likeness (QED) is 0.509. The van der Waals surface area contributed by atoms with Crippen LogP contribution in [-0.2, 0) is 4.74 Å². The zero-order valence-corrected chi connectivity index (χ0v) is 21.3. The first kappa shape index (κ1) is 24.6. The minimum Gasteiger partial charge on any atom is -0.378 e. The number of ether oxygens (including phenoxy) is 1. The van der Waals surface area contributed by atoms with Crippen LogP contribution in [0.15, 0.2) is 60.8 Å². The number of carbonyl (C=O) groups is 1. The number of hydrogen-bond acceptors (Lipinski definition) is 6. The molecule has 2 aliphatic rings. The molecule has 3 aromatic rings. The molecule has 3 atom stereocenters. The van der Waals surface area contributed by atoms with E-state index in [0.717, 1.165) is 34.6 Å². The molecule has 0 aliphatic carbocycles. The van der Waals surface area contributed by atoms with Gasteiger partial charge < -0.3 is 25.0 Å². The van der Waals surface area contributed by atoms with Gasteiger partial charge in [0.15, 0.2) is 0 Å². The number of anilines is 2. The molecule has 3 heterocycles. The van der Waals surface area contributed by atoms with Crippen LogP contribution < -0.4 is 10.2 Å². The fraction of sp³-hybridized carbons (Fsp3) is 0.357. The summed E-state index contributed by atoms with van der Waals surface area (Å²) < 4.78 is 5.35. The number of rotatable bonds is 5. The monoisotopic (exact) mass is 506 g/mol. The second-order valence-electron chi connectivity index (χ2n) is 9.44. The second kappa shape index (κ2) is 10.5. The van der Waals surface area contributed by atoms with Crippen molar-refractivity contribution in [2.75, 3.05) is 36.5 Å². The maximum absolute atomic E-state index is 12.8. The number of aliphatic hydroxyl groups is 1. The number of aromatic nitrogens is 1. The SMILES string of the molecule is CC(O)N1c2ccc(-c3ccc(C(=O)N4CCOCC4)cn3)cc2C(Nc2ccc(Cl)cc2)C[C@@H]1C. The van der Waals surface area contributed by atoms with E-state index in [1.165, 1.54) is 0 Å². The predicted molar refractivity (Wildman–Crippen MR) is 142 cm³/mol. The van der Waals surface area contributed by atoms with E-state index in [1.54, 1.807) is 18.0 Å². The number of hydrogen-bond donors (Lipinski definition) is 2. The first-order valence-electron chi connectivity index (χ1n) is 12.4. The van der Waals surface area contributed by atoms with Gasteiger partial charge in [0.1, 0.15) is 6.23 Å². The third-order valence-corrected chi connectivity index (χ3v) is 7.18. The number of benzene rings is 2. The zero-order valence-electron chi connectivity index (χ0n) is 20.5. The normalized spacial score (nSPS) is 20.6. The number of aliphatic hydroxyl groups excluding tert-OH is 1. The Bertz CT molecular complexity index is 1210. The van der Waals surface area contributed by atoms with Crippen molar-refractivity contribution in [1.82, 2.24) is 9.88 Å². The average Bonchev–Trinajstić information content (AvgIpc) is 2.90. The zero-order chi connectivity index (χ0) is 25.2. The van der Waals surface area contributed by atoms with Crippen LogP contribution in [0.5, 0.6) is 0 Å². The molecule has 2 N–H and O–H groups in total. The van der Waals surface area contributed by atoms with E-state index in [1.807, 2.05) is 42.5 Å². The molecule has 2 aromatic carbocycles. The summed E-state index contributed by atoms with van der Waals surface area (Å²) >= 11 is 6.08. The van der Waals surface area contributed by atoms with Gasteiger partial charge in [0.2, 0.25) is 0 Å². The molecule has 2 aliphatic heterocycles. The number of pyridine rings is 1. The lowest BCUT2D eigenvalue weighted by atomic mass is 9.89. The van der Waals surface area contributed by atoms with Crippen molar-refractivity contribution in [3.8, 4) is 11.3 Å². The maximum atomic E-state index is 12.8. The number of morpholine rings is 1. The molecule has 36 heavy (non-hydrogen) atoms. The van der Waals surface area contributed by atoms with Gasteiger partial charge >= 0.3 is 0 Å². The molecule has 0 spiro atoms. The summed E-state index contributed by atoms with van der Waals surface area (Å²) in [6.45, 7) is 6.27. The smallest absolute Gasteiger partial charge is 0.255 e. The van der Waals surface area contributed by atoms with Gasteiger partial charge in [0, 0.05) is 47.3 Å². The lowest BCUT2D eigenvalue weighted by Crippen LogP contribution is -2.45. The highest BCUT2D eigenvalue weighted by molar-refractivity contribution is 6.30. The molecule has 1 amide bonds. The minimum absolute atomic E-state index is 0.0171. The Morgan fingerprint density at radius 3 is 2.56 bits per heavy atom. The van der Waals surface area contributed by atoms with E-state index in [0.29, 0.717) is 36.9 Å². The molecule has 5 rings (SSSR count). The van der Waals surface area contributed by atoms with Crippen LogP contribution in [0.25, 0.3) is 11.3 Å². The Balaban J connectivity index is 1.45. The summed E-state index contributed by atoms with van der Waals surface area (Å²) in [5.41, 5.74) is 5.42.